The average Bonchev–Trinajstić information content (AvgIpc) is 2.58. The molecule has 23 heavy (non-hydrogen) atoms. The lowest BCUT2D eigenvalue weighted by molar-refractivity contribution is -0.119. The number of rotatable bonds is 6. The standard InChI is InChI=1S/C17H24ClN3O2/c1-2-8-19-16(22)12-20-15-11-13(18)6-7-14(15)17(23)21-9-4-3-5-10-21/h6-7,11,20H,2-5,8-10,12H2,1H3,(H,19,22). The predicted molar refractivity (Wildman–Crippen MR) is 93.0 cm³/mol. The summed E-state index contributed by atoms with van der Waals surface area (Å²) in [7, 11) is 0. The number of amides is 2. The molecular weight excluding hydrogens is 314 g/mol. The van der Waals surface area contributed by atoms with Gasteiger partial charge in [0, 0.05) is 30.3 Å². The highest BCUT2D eigenvalue weighted by atomic mass is 35.5. The summed E-state index contributed by atoms with van der Waals surface area (Å²) in [6, 6.07) is 5.14. The molecule has 6 heteroatoms. The van der Waals surface area contributed by atoms with E-state index in [1.165, 1.54) is 6.42 Å². The molecule has 1 fully saturated rings. The van der Waals surface area contributed by atoms with Gasteiger partial charge in [-0.2, -0.15) is 0 Å². The van der Waals surface area contributed by atoms with Crippen LogP contribution in [-0.4, -0.2) is 42.9 Å². The zero-order chi connectivity index (χ0) is 16.7. The Morgan fingerprint density at radius 1 is 1.22 bits per heavy atom. The molecule has 1 aliphatic rings. The molecule has 1 heterocycles. The molecule has 0 aromatic heterocycles. The molecule has 0 bridgehead atoms. The third-order valence-corrected chi connectivity index (χ3v) is 4.10. The Bertz CT molecular complexity index is 557. The maximum absolute atomic E-state index is 12.7. The Kier molecular flexibility index (Phi) is 6.71. The number of hydrogen-bond donors (Lipinski definition) is 2. The molecule has 5 nitrogen and oxygen atoms in total. The lowest BCUT2D eigenvalue weighted by Gasteiger charge is -2.27. The van der Waals surface area contributed by atoms with Crippen molar-refractivity contribution in [2.24, 2.45) is 0 Å². The average molecular weight is 338 g/mol. The van der Waals surface area contributed by atoms with E-state index in [0.717, 1.165) is 32.4 Å². The fourth-order valence-corrected chi connectivity index (χ4v) is 2.79. The van der Waals surface area contributed by atoms with Gasteiger partial charge in [0.05, 0.1) is 12.1 Å². The van der Waals surface area contributed by atoms with Crippen molar-refractivity contribution in [1.29, 1.82) is 0 Å². The van der Waals surface area contributed by atoms with Crippen molar-refractivity contribution >= 4 is 29.1 Å². The Labute approximate surface area is 142 Å². The van der Waals surface area contributed by atoms with Gasteiger partial charge in [-0.15, -0.1) is 0 Å². The number of anilines is 1. The van der Waals surface area contributed by atoms with Gasteiger partial charge in [0.1, 0.15) is 0 Å². The molecule has 126 valence electrons. The Balaban J connectivity index is 2.07. The van der Waals surface area contributed by atoms with Crippen molar-refractivity contribution in [3.05, 3.63) is 28.8 Å². The molecule has 1 saturated heterocycles. The van der Waals surface area contributed by atoms with Crippen LogP contribution in [0.25, 0.3) is 0 Å². The van der Waals surface area contributed by atoms with Gasteiger partial charge in [-0.1, -0.05) is 18.5 Å². The SMILES string of the molecule is CCCNC(=O)CNc1cc(Cl)ccc1C(=O)N1CCCCC1. The number of hydrogen-bond acceptors (Lipinski definition) is 3. The van der Waals surface area contributed by atoms with Crippen LogP contribution in [0.3, 0.4) is 0 Å². The van der Waals surface area contributed by atoms with E-state index in [1.807, 2.05) is 11.8 Å². The number of halogens is 1. The van der Waals surface area contributed by atoms with Gasteiger partial charge in [-0.25, -0.2) is 0 Å². The fraction of sp³-hybridized carbons (Fsp3) is 0.529. The quantitative estimate of drug-likeness (QED) is 0.839. The van der Waals surface area contributed by atoms with Crippen LogP contribution < -0.4 is 10.6 Å². The first-order chi connectivity index (χ1) is 11.1. The van der Waals surface area contributed by atoms with Gasteiger partial charge >= 0.3 is 0 Å². The summed E-state index contributed by atoms with van der Waals surface area (Å²) in [6.45, 7) is 4.35. The highest BCUT2D eigenvalue weighted by Gasteiger charge is 2.21. The molecule has 0 aliphatic carbocycles. The van der Waals surface area contributed by atoms with E-state index in [1.54, 1.807) is 18.2 Å². The molecule has 2 N–H and O–H groups in total. The molecule has 2 amide bonds. The number of carbonyl (C=O) groups excluding carboxylic acids is 2. The normalized spacial score (nSPS) is 14.4. The second-order valence-electron chi connectivity index (χ2n) is 5.75. The first-order valence-corrected chi connectivity index (χ1v) is 8.59. The van der Waals surface area contributed by atoms with E-state index >= 15 is 0 Å². The number of nitrogens with zero attached hydrogens (tertiary/aromatic N) is 1. The van der Waals surface area contributed by atoms with Crippen LogP contribution in [0.2, 0.25) is 5.02 Å². The number of piperidine rings is 1. The lowest BCUT2D eigenvalue weighted by atomic mass is 10.1. The predicted octanol–water partition coefficient (Wildman–Crippen LogP) is 2.90. The van der Waals surface area contributed by atoms with Crippen molar-refractivity contribution in [2.45, 2.75) is 32.6 Å². The van der Waals surface area contributed by atoms with Crippen LogP contribution in [0.4, 0.5) is 5.69 Å². The van der Waals surface area contributed by atoms with Crippen LogP contribution in [0, 0.1) is 0 Å². The fourth-order valence-electron chi connectivity index (χ4n) is 2.62. The maximum atomic E-state index is 12.7. The summed E-state index contributed by atoms with van der Waals surface area (Å²) < 4.78 is 0. The van der Waals surface area contributed by atoms with Crippen LogP contribution in [0.5, 0.6) is 0 Å². The first-order valence-electron chi connectivity index (χ1n) is 8.21. The second kappa shape index (κ2) is 8.77. The van der Waals surface area contributed by atoms with E-state index in [-0.39, 0.29) is 18.4 Å². The van der Waals surface area contributed by atoms with E-state index in [2.05, 4.69) is 10.6 Å². The summed E-state index contributed by atoms with van der Waals surface area (Å²) >= 11 is 6.04. The molecule has 1 aromatic rings. The number of nitrogens with one attached hydrogen (secondary N) is 2. The van der Waals surface area contributed by atoms with Gasteiger partial charge < -0.3 is 15.5 Å². The van der Waals surface area contributed by atoms with Crippen LogP contribution >= 0.6 is 11.6 Å². The molecule has 0 spiro atoms. The summed E-state index contributed by atoms with van der Waals surface area (Å²) in [5.74, 6) is -0.0963. The smallest absolute Gasteiger partial charge is 0.255 e. The number of carbonyl (C=O) groups is 2. The van der Waals surface area contributed by atoms with Crippen molar-refractivity contribution < 1.29 is 9.59 Å². The lowest BCUT2D eigenvalue weighted by Crippen LogP contribution is -2.36. The van der Waals surface area contributed by atoms with Gasteiger partial charge in [0.15, 0.2) is 0 Å². The number of benzene rings is 1. The van der Waals surface area contributed by atoms with Crippen molar-refractivity contribution in [2.75, 3.05) is 31.5 Å². The van der Waals surface area contributed by atoms with Gasteiger partial charge in [0.25, 0.3) is 5.91 Å². The molecule has 0 unspecified atom stereocenters. The Hall–Kier alpha value is -1.75. The Morgan fingerprint density at radius 3 is 2.65 bits per heavy atom. The topological polar surface area (TPSA) is 61.4 Å². The minimum absolute atomic E-state index is 0.00201. The van der Waals surface area contributed by atoms with E-state index in [4.69, 9.17) is 11.6 Å². The monoisotopic (exact) mass is 337 g/mol. The molecule has 0 atom stereocenters. The summed E-state index contributed by atoms with van der Waals surface area (Å²) in [5, 5.41) is 6.38. The van der Waals surface area contributed by atoms with Gasteiger partial charge in [-0.3, -0.25) is 9.59 Å². The maximum Gasteiger partial charge on any atom is 0.255 e. The molecule has 2 rings (SSSR count). The molecule has 0 saturated carbocycles. The van der Waals surface area contributed by atoms with Crippen LogP contribution in [0.15, 0.2) is 18.2 Å². The molecule has 0 radical (unpaired) electrons. The largest absolute Gasteiger partial charge is 0.375 e. The summed E-state index contributed by atoms with van der Waals surface area (Å²) in [4.78, 5) is 26.3. The van der Waals surface area contributed by atoms with Crippen LogP contribution in [0.1, 0.15) is 43.0 Å². The van der Waals surface area contributed by atoms with Crippen LogP contribution in [-0.2, 0) is 4.79 Å². The molecular formula is C17H24ClN3O2. The van der Waals surface area contributed by atoms with Crippen molar-refractivity contribution in [3.63, 3.8) is 0 Å². The summed E-state index contributed by atoms with van der Waals surface area (Å²) in [5.41, 5.74) is 1.18. The van der Waals surface area contributed by atoms with Crippen molar-refractivity contribution in [3.8, 4) is 0 Å². The van der Waals surface area contributed by atoms with Crippen molar-refractivity contribution in [1.82, 2.24) is 10.2 Å². The second-order valence-corrected chi connectivity index (χ2v) is 6.18. The first kappa shape index (κ1) is 17.6. The van der Waals surface area contributed by atoms with Gasteiger partial charge in [-0.05, 0) is 43.9 Å². The van der Waals surface area contributed by atoms with E-state index < -0.39 is 0 Å². The van der Waals surface area contributed by atoms with E-state index in [9.17, 15) is 9.59 Å². The Morgan fingerprint density at radius 2 is 1.96 bits per heavy atom. The number of likely N-dealkylation sites (tertiary alicyclic amines) is 1. The third kappa shape index (κ3) is 5.13. The molecule has 1 aliphatic heterocycles. The minimum atomic E-state index is -0.0943. The third-order valence-electron chi connectivity index (χ3n) is 3.87. The molecule has 1 aromatic carbocycles. The zero-order valence-corrected chi connectivity index (χ0v) is 14.3. The van der Waals surface area contributed by atoms with E-state index in [0.29, 0.717) is 22.8 Å². The highest BCUT2D eigenvalue weighted by molar-refractivity contribution is 6.31. The minimum Gasteiger partial charge on any atom is -0.375 e. The summed E-state index contributed by atoms with van der Waals surface area (Å²) in [6.07, 6.45) is 4.15. The highest BCUT2D eigenvalue weighted by Crippen LogP contribution is 2.23. The zero-order valence-electron chi connectivity index (χ0n) is 13.5. The van der Waals surface area contributed by atoms with Gasteiger partial charge in [0.2, 0.25) is 5.91 Å².